The molecule has 3 atom stereocenters. The van der Waals surface area contributed by atoms with Crippen molar-refractivity contribution in [3.63, 3.8) is 0 Å². The van der Waals surface area contributed by atoms with Gasteiger partial charge in [0.1, 0.15) is 24.7 Å². The molecule has 43 heavy (non-hydrogen) atoms. The monoisotopic (exact) mass is 642 g/mol. The molecule has 234 valence electrons. The third kappa shape index (κ3) is 14.2. The summed E-state index contributed by atoms with van der Waals surface area (Å²) in [5, 5.41) is 37.0. The number of carboxylic acids is 3. The topological polar surface area (TPSA) is 255 Å². The third-order valence-electron chi connectivity index (χ3n) is 5.26. The van der Waals surface area contributed by atoms with Crippen molar-refractivity contribution in [1.82, 2.24) is 21.3 Å². The minimum Gasteiger partial charge on any atom is -0.481 e. The molecule has 0 aliphatic carbocycles. The summed E-state index contributed by atoms with van der Waals surface area (Å²) in [4.78, 5) is 93.7. The maximum atomic E-state index is 13.0. The summed E-state index contributed by atoms with van der Waals surface area (Å²) in [7, 11) is 2.16. The quantitative estimate of drug-likeness (QED) is 0.0335. The van der Waals surface area contributed by atoms with E-state index in [4.69, 9.17) is 0 Å². The molecule has 0 aromatic heterocycles. The van der Waals surface area contributed by atoms with Crippen LogP contribution in [0.25, 0.3) is 0 Å². The Labute approximate surface area is 252 Å². The van der Waals surface area contributed by atoms with Crippen molar-refractivity contribution >= 4 is 70.1 Å². The van der Waals surface area contributed by atoms with Gasteiger partial charge in [-0.15, -0.1) is 0 Å². The normalized spacial score (nSPS) is 12.4. The van der Waals surface area contributed by atoms with Crippen LogP contribution in [0, 0.1) is 0 Å². The summed E-state index contributed by atoms with van der Waals surface area (Å²) in [5.74, 6) is -7.81. The summed E-state index contributed by atoms with van der Waals surface area (Å²) in [6, 6.07) is 1.16. The Kier molecular flexibility index (Phi) is 16.5. The van der Waals surface area contributed by atoms with Crippen LogP contribution in [0.4, 0.5) is 0 Å². The second-order valence-electron chi connectivity index (χ2n) is 8.45. The zero-order chi connectivity index (χ0) is 32.4. The summed E-state index contributed by atoms with van der Waals surface area (Å²) in [5.41, 5.74) is 0.381. The molecule has 1 rings (SSSR count). The van der Waals surface area contributed by atoms with Crippen LogP contribution in [0.3, 0.4) is 0 Å². The fraction of sp³-hybridized carbons (Fsp3) is 0.360. The number of aliphatic carboxylic acids is 3. The van der Waals surface area contributed by atoms with Gasteiger partial charge < -0.3 is 41.3 Å². The number of carbonyl (C=O) groups is 8. The Morgan fingerprint density at radius 1 is 0.884 bits per heavy atom. The highest BCUT2D eigenvalue weighted by molar-refractivity contribution is 8.76. The molecule has 0 heterocycles. The van der Waals surface area contributed by atoms with Crippen molar-refractivity contribution in [3.8, 4) is 0 Å². The van der Waals surface area contributed by atoms with E-state index in [1.165, 1.54) is 0 Å². The SMILES string of the molecule is C=C(C(=O)O)C(NC(=O)C(CC(=O)O)NC(=O)Cc1ccc(CNC=O)cc1)C(=O)NC(CSSCCOC=O)C(=O)O. The predicted molar refractivity (Wildman–Crippen MR) is 152 cm³/mol. The first kappa shape index (κ1) is 36.4. The highest BCUT2D eigenvalue weighted by Gasteiger charge is 2.34. The van der Waals surface area contributed by atoms with E-state index in [9.17, 15) is 53.7 Å². The van der Waals surface area contributed by atoms with Crippen molar-refractivity contribution in [2.24, 2.45) is 0 Å². The van der Waals surface area contributed by atoms with Crippen LogP contribution in [0.15, 0.2) is 36.4 Å². The average molecular weight is 643 g/mol. The van der Waals surface area contributed by atoms with Crippen molar-refractivity contribution in [3.05, 3.63) is 47.5 Å². The molecule has 0 fully saturated rings. The van der Waals surface area contributed by atoms with Crippen LogP contribution >= 0.6 is 21.6 Å². The molecule has 7 N–H and O–H groups in total. The molecular weight excluding hydrogens is 612 g/mol. The van der Waals surface area contributed by atoms with Crippen LogP contribution < -0.4 is 21.3 Å². The highest BCUT2D eigenvalue weighted by atomic mass is 33.1. The zero-order valence-corrected chi connectivity index (χ0v) is 24.1. The lowest BCUT2D eigenvalue weighted by atomic mass is 10.1. The van der Waals surface area contributed by atoms with E-state index in [-0.39, 0.29) is 31.8 Å². The van der Waals surface area contributed by atoms with E-state index >= 15 is 0 Å². The maximum absolute atomic E-state index is 13.0. The van der Waals surface area contributed by atoms with Gasteiger partial charge in [0.2, 0.25) is 24.1 Å². The van der Waals surface area contributed by atoms with Crippen molar-refractivity contribution in [2.75, 3.05) is 18.1 Å². The van der Waals surface area contributed by atoms with Gasteiger partial charge in [-0.2, -0.15) is 0 Å². The lowest BCUT2D eigenvalue weighted by Crippen LogP contribution is -2.57. The summed E-state index contributed by atoms with van der Waals surface area (Å²) in [6.07, 6.45) is -0.676. The number of ether oxygens (including phenoxy) is 1. The number of hydrogen-bond donors (Lipinski definition) is 7. The molecule has 0 bridgehead atoms. The van der Waals surface area contributed by atoms with Crippen LogP contribution in [0.5, 0.6) is 0 Å². The summed E-state index contributed by atoms with van der Waals surface area (Å²) >= 11 is 0. The third-order valence-corrected chi connectivity index (χ3v) is 7.64. The first-order valence-electron chi connectivity index (χ1n) is 12.2. The largest absolute Gasteiger partial charge is 0.481 e. The summed E-state index contributed by atoms with van der Waals surface area (Å²) in [6.45, 7) is 3.82. The Balaban J connectivity index is 2.97. The van der Waals surface area contributed by atoms with Crippen molar-refractivity contribution in [1.29, 1.82) is 0 Å². The number of carbonyl (C=O) groups excluding carboxylic acids is 5. The summed E-state index contributed by atoms with van der Waals surface area (Å²) < 4.78 is 4.50. The van der Waals surface area contributed by atoms with Gasteiger partial charge >= 0.3 is 17.9 Å². The number of nitrogens with one attached hydrogen (secondary N) is 4. The lowest BCUT2D eigenvalue weighted by Gasteiger charge is -2.24. The molecule has 0 saturated heterocycles. The molecular formula is C25H30N4O12S2. The van der Waals surface area contributed by atoms with Gasteiger partial charge in [0.15, 0.2) is 0 Å². The van der Waals surface area contributed by atoms with Crippen LogP contribution in [-0.2, 0) is 56.1 Å². The molecule has 18 heteroatoms. The van der Waals surface area contributed by atoms with E-state index in [0.717, 1.165) is 27.2 Å². The first-order chi connectivity index (χ1) is 20.4. The van der Waals surface area contributed by atoms with Crippen LogP contribution in [-0.4, -0.2) is 100 Å². The molecule has 16 nitrogen and oxygen atoms in total. The smallest absolute Gasteiger partial charge is 0.333 e. The molecule has 1 aromatic carbocycles. The number of amides is 4. The minimum atomic E-state index is -2.02. The van der Waals surface area contributed by atoms with E-state index in [1.54, 1.807) is 24.3 Å². The van der Waals surface area contributed by atoms with Gasteiger partial charge in [-0.25, -0.2) is 9.59 Å². The van der Waals surface area contributed by atoms with E-state index in [2.05, 4.69) is 27.3 Å². The second kappa shape index (κ2) is 19.5. The molecule has 0 aliphatic rings. The van der Waals surface area contributed by atoms with Crippen LogP contribution in [0.2, 0.25) is 0 Å². The second-order valence-corrected chi connectivity index (χ2v) is 11.1. The van der Waals surface area contributed by atoms with Gasteiger partial charge in [-0.3, -0.25) is 28.8 Å². The van der Waals surface area contributed by atoms with Gasteiger partial charge in [-0.1, -0.05) is 52.4 Å². The molecule has 3 unspecified atom stereocenters. The van der Waals surface area contributed by atoms with Gasteiger partial charge in [-0.05, 0) is 11.1 Å². The number of benzene rings is 1. The molecule has 1 aromatic rings. The Morgan fingerprint density at radius 2 is 1.53 bits per heavy atom. The van der Waals surface area contributed by atoms with Crippen LogP contribution in [0.1, 0.15) is 17.5 Å². The predicted octanol–water partition coefficient (Wildman–Crippen LogP) is -1.32. The Hall–Kier alpha value is -4.58. The average Bonchev–Trinajstić information content (AvgIpc) is 2.95. The number of carboxylic acid groups (broad SMARTS) is 3. The van der Waals surface area contributed by atoms with Gasteiger partial charge in [0.05, 0.1) is 18.4 Å². The first-order valence-corrected chi connectivity index (χ1v) is 14.7. The van der Waals surface area contributed by atoms with E-state index in [1.807, 2.05) is 5.32 Å². The molecule has 0 radical (unpaired) electrons. The zero-order valence-electron chi connectivity index (χ0n) is 22.5. The minimum absolute atomic E-state index is 0.0678. The molecule has 0 aliphatic heterocycles. The number of rotatable bonds is 22. The van der Waals surface area contributed by atoms with E-state index < -0.39 is 65.7 Å². The fourth-order valence-corrected chi connectivity index (χ4v) is 5.16. The fourth-order valence-electron chi connectivity index (χ4n) is 3.16. The lowest BCUT2D eigenvalue weighted by molar-refractivity contribution is -0.143. The Bertz CT molecular complexity index is 1200. The number of hydrogen-bond acceptors (Lipinski definition) is 11. The molecule has 4 amide bonds. The molecule has 0 saturated carbocycles. The standard InChI is InChI=1S/C25H30N4O12S2/c1-14(24(37)38)21(23(36)28-18(25(39)40)11-43-42-7-6-41-13-31)29-22(35)17(9-20(33)34)27-19(32)8-15-2-4-16(5-3-15)10-26-12-30/h2-5,12-13,17-18,21H,1,6-11H2,(H,26,30)(H,27,32)(H,28,36)(H,29,35)(H,33,34)(H,37,38)(H,39,40). The van der Waals surface area contributed by atoms with Crippen molar-refractivity contribution in [2.45, 2.75) is 37.5 Å². The van der Waals surface area contributed by atoms with Crippen molar-refractivity contribution < 1.29 is 58.4 Å². The Morgan fingerprint density at radius 3 is 2.09 bits per heavy atom. The molecule has 0 spiro atoms. The maximum Gasteiger partial charge on any atom is 0.333 e. The highest BCUT2D eigenvalue weighted by Crippen LogP contribution is 2.22. The van der Waals surface area contributed by atoms with Gasteiger partial charge in [0, 0.05) is 18.1 Å². The van der Waals surface area contributed by atoms with E-state index in [0.29, 0.717) is 17.7 Å². The van der Waals surface area contributed by atoms with Gasteiger partial charge in [0.25, 0.3) is 6.47 Å².